The number of carbonyl (C=O) groups excluding carboxylic acids is 1. The van der Waals surface area contributed by atoms with Crippen LogP contribution in [0, 0.1) is 11.8 Å². The number of hydrogen-bond acceptors (Lipinski definition) is 2. The summed E-state index contributed by atoms with van der Waals surface area (Å²) in [4.78, 5) is 12.1. The first-order valence-electron chi connectivity index (χ1n) is 5.16. The van der Waals surface area contributed by atoms with Crippen LogP contribution < -0.4 is 0 Å². The van der Waals surface area contributed by atoms with Crippen molar-refractivity contribution in [3.8, 4) is 0 Å². The van der Waals surface area contributed by atoms with E-state index in [4.69, 9.17) is 0 Å². The Morgan fingerprint density at radius 2 is 1.87 bits per heavy atom. The van der Waals surface area contributed by atoms with Crippen molar-refractivity contribution in [1.82, 2.24) is 0 Å². The second-order valence-corrected chi connectivity index (χ2v) is 5.51. The van der Waals surface area contributed by atoms with Crippen LogP contribution in [-0.4, -0.2) is 16.5 Å². The van der Waals surface area contributed by atoms with Gasteiger partial charge in [-0.05, 0) is 24.0 Å². The fourth-order valence-corrected chi connectivity index (χ4v) is 2.22. The Morgan fingerprint density at radius 1 is 1.33 bits per heavy atom. The highest BCUT2D eigenvalue weighted by molar-refractivity contribution is 9.11. The lowest BCUT2D eigenvalue weighted by molar-refractivity contribution is -0.133. The third-order valence-electron chi connectivity index (χ3n) is 2.78. The first-order chi connectivity index (χ1) is 6.79. The van der Waals surface area contributed by atoms with Crippen molar-refractivity contribution in [2.24, 2.45) is 11.8 Å². The Hall–Kier alpha value is -0.410. The molecule has 1 unspecified atom stereocenters. The van der Waals surface area contributed by atoms with Crippen LogP contribution in [0.15, 0.2) is 22.2 Å². The molecule has 2 nitrogen and oxygen atoms in total. The van der Waals surface area contributed by atoms with E-state index in [9.17, 15) is 9.90 Å². The molecule has 0 bridgehead atoms. The fraction of sp³-hybridized carbons (Fsp3) is 0.583. The molecule has 1 aliphatic carbocycles. The highest BCUT2D eigenvalue weighted by Crippen LogP contribution is 2.34. The zero-order chi connectivity index (χ0) is 11.8. The van der Waals surface area contributed by atoms with E-state index in [0.717, 1.165) is 4.48 Å². The molecule has 1 atom stereocenters. The topological polar surface area (TPSA) is 37.3 Å². The maximum Gasteiger partial charge on any atom is 0.194 e. The van der Waals surface area contributed by atoms with Crippen LogP contribution in [0.4, 0.5) is 0 Å². The molecular formula is C12H17BrO2. The van der Waals surface area contributed by atoms with Gasteiger partial charge in [-0.25, -0.2) is 0 Å². The van der Waals surface area contributed by atoms with E-state index in [1.807, 2.05) is 27.7 Å². The molecule has 0 saturated heterocycles. The van der Waals surface area contributed by atoms with Crippen molar-refractivity contribution in [1.29, 1.82) is 0 Å². The van der Waals surface area contributed by atoms with Gasteiger partial charge < -0.3 is 5.11 Å². The predicted octanol–water partition coefficient (Wildman–Crippen LogP) is 2.82. The minimum Gasteiger partial charge on any atom is -0.377 e. The molecule has 0 aliphatic heterocycles. The maximum atomic E-state index is 12.1. The van der Waals surface area contributed by atoms with Crippen LogP contribution >= 0.6 is 15.9 Å². The van der Waals surface area contributed by atoms with Gasteiger partial charge in [0.2, 0.25) is 0 Å². The van der Waals surface area contributed by atoms with Gasteiger partial charge in [-0.15, -0.1) is 0 Å². The summed E-state index contributed by atoms with van der Waals surface area (Å²) in [5, 5.41) is 10.3. The molecule has 0 fully saturated rings. The van der Waals surface area contributed by atoms with Crippen LogP contribution in [0.2, 0.25) is 0 Å². The van der Waals surface area contributed by atoms with Crippen molar-refractivity contribution >= 4 is 21.7 Å². The molecule has 1 rings (SSSR count). The summed E-state index contributed by atoms with van der Waals surface area (Å²) in [6.07, 6.45) is 3.38. The van der Waals surface area contributed by atoms with Gasteiger partial charge in [0.05, 0.1) is 0 Å². The van der Waals surface area contributed by atoms with Gasteiger partial charge >= 0.3 is 0 Å². The fourth-order valence-electron chi connectivity index (χ4n) is 1.62. The van der Waals surface area contributed by atoms with Gasteiger partial charge in [0, 0.05) is 10.1 Å². The SMILES string of the molecule is CC(C)C1=CC(Br)=CC(O)(C(C)C)C1=O. The van der Waals surface area contributed by atoms with Crippen LogP contribution in [0.25, 0.3) is 0 Å². The van der Waals surface area contributed by atoms with E-state index < -0.39 is 5.60 Å². The summed E-state index contributed by atoms with van der Waals surface area (Å²) >= 11 is 3.34. The first kappa shape index (κ1) is 12.7. The highest BCUT2D eigenvalue weighted by Gasteiger charge is 2.41. The zero-order valence-electron chi connectivity index (χ0n) is 9.54. The molecular weight excluding hydrogens is 256 g/mol. The monoisotopic (exact) mass is 272 g/mol. The number of Topliss-reactive ketones (excluding diaryl/α,β-unsaturated/α-hetero) is 1. The summed E-state index contributed by atoms with van der Waals surface area (Å²) in [6, 6.07) is 0. The predicted molar refractivity (Wildman–Crippen MR) is 64.7 cm³/mol. The minimum absolute atomic E-state index is 0.125. The normalized spacial score (nSPS) is 27.1. The van der Waals surface area contributed by atoms with Crippen molar-refractivity contribution in [3.63, 3.8) is 0 Å². The van der Waals surface area contributed by atoms with E-state index in [1.54, 1.807) is 12.2 Å². The zero-order valence-corrected chi connectivity index (χ0v) is 11.1. The minimum atomic E-state index is -1.35. The Bertz CT molecular complexity index is 340. The summed E-state index contributed by atoms with van der Waals surface area (Å²) < 4.78 is 0.780. The van der Waals surface area contributed by atoms with E-state index in [2.05, 4.69) is 15.9 Å². The van der Waals surface area contributed by atoms with E-state index in [-0.39, 0.29) is 17.6 Å². The molecule has 0 heterocycles. The molecule has 1 N–H and O–H groups in total. The van der Waals surface area contributed by atoms with E-state index >= 15 is 0 Å². The third-order valence-corrected chi connectivity index (χ3v) is 3.24. The smallest absolute Gasteiger partial charge is 0.194 e. The van der Waals surface area contributed by atoms with Gasteiger partial charge in [-0.3, -0.25) is 4.79 Å². The Labute approximate surface area is 99.2 Å². The van der Waals surface area contributed by atoms with Crippen molar-refractivity contribution < 1.29 is 9.90 Å². The quantitative estimate of drug-likeness (QED) is 0.840. The maximum absolute atomic E-state index is 12.1. The molecule has 0 aromatic carbocycles. The average molecular weight is 273 g/mol. The van der Waals surface area contributed by atoms with Crippen molar-refractivity contribution in [2.45, 2.75) is 33.3 Å². The van der Waals surface area contributed by atoms with Gasteiger partial charge in [0.1, 0.15) is 5.60 Å². The number of halogens is 1. The van der Waals surface area contributed by atoms with E-state index in [0.29, 0.717) is 5.57 Å². The lowest BCUT2D eigenvalue weighted by atomic mass is 9.77. The van der Waals surface area contributed by atoms with Crippen LogP contribution in [-0.2, 0) is 4.79 Å². The summed E-state index contributed by atoms with van der Waals surface area (Å²) in [6.45, 7) is 7.60. The molecule has 0 amide bonds. The summed E-state index contributed by atoms with van der Waals surface area (Å²) in [5.41, 5.74) is -0.673. The molecule has 0 saturated carbocycles. The second kappa shape index (κ2) is 4.22. The Kier molecular flexibility index (Phi) is 3.56. The molecule has 15 heavy (non-hydrogen) atoms. The number of hydrogen-bond donors (Lipinski definition) is 1. The Morgan fingerprint density at radius 3 is 2.27 bits per heavy atom. The molecule has 0 radical (unpaired) electrons. The molecule has 0 aromatic heterocycles. The number of ketones is 1. The lowest BCUT2D eigenvalue weighted by Crippen LogP contribution is -2.45. The molecule has 3 heteroatoms. The molecule has 84 valence electrons. The number of carbonyl (C=O) groups is 1. The van der Waals surface area contributed by atoms with Crippen molar-refractivity contribution in [2.75, 3.05) is 0 Å². The van der Waals surface area contributed by atoms with Gasteiger partial charge in [-0.2, -0.15) is 0 Å². The van der Waals surface area contributed by atoms with Crippen LogP contribution in [0.5, 0.6) is 0 Å². The van der Waals surface area contributed by atoms with Gasteiger partial charge in [0.15, 0.2) is 5.78 Å². The standard InChI is InChI=1S/C12H17BrO2/c1-7(2)10-5-9(13)6-12(15,8(3)4)11(10)14/h5-8,15H,1-4H3. The van der Waals surface area contributed by atoms with Gasteiger partial charge in [-0.1, -0.05) is 43.6 Å². The number of aliphatic hydroxyl groups is 1. The van der Waals surface area contributed by atoms with E-state index in [1.165, 1.54) is 0 Å². The Balaban J connectivity index is 3.20. The molecule has 0 aromatic rings. The lowest BCUT2D eigenvalue weighted by Gasteiger charge is -2.32. The highest BCUT2D eigenvalue weighted by atomic mass is 79.9. The molecule has 1 aliphatic rings. The van der Waals surface area contributed by atoms with Crippen molar-refractivity contribution in [3.05, 3.63) is 22.2 Å². The van der Waals surface area contributed by atoms with Crippen LogP contribution in [0.1, 0.15) is 27.7 Å². The summed E-state index contributed by atoms with van der Waals surface area (Å²) in [7, 11) is 0. The summed E-state index contributed by atoms with van der Waals surface area (Å²) in [5.74, 6) is -0.167. The molecule has 0 spiro atoms. The third kappa shape index (κ3) is 2.23. The second-order valence-electron chi connectivity index (χ2n) is 4.59. The first-order valence-corrected chi connectivity index (χ1v) is 5.95. The van der Waals surface area contributed by atoms with Crippen LogP contribution in [0.3, 0.4) is 0 Å². The number of allylic oxidation sites excluding steroid dienone is 2. The average Bonchev–Trinajstić information content (AvgIpc) is 2.10. The van der Waals surface area contributed by atoms with Gasteiger partial charge in [0.25, 0.3) is 0 Å². The largest absolute Gasteiger partial charge is 0.377 e. The number of rotatable bonds is 2.